The number of hydrogen-bond donors (Lipinski definition) is 3. The lowest BCUT2D eigenvalue weighted by Gasteiger charge is -2.48. The van der Waals surface area contributed by atoms with Crippen LogP contribution in [0.3, 0.4) is 0 Å². The van der Waals surface area contributed by atoms with Gasteiger partial charge in [-0.25, -0.2) is 4.39 Å². The molecule has 2 aromatic carbocycles. The molecule has 3 atom stereocenters. The first-order valence-corrected chi connectivity index (χ1v) is 19.8. The Hall–Kier alpha value is -3.85. The lowest BCUT2D eigenvalue weighted by Crippen LogP contribution is -2.50. The zero-order valence-corrected chi connectivity index (χ0v) is 31.7. The fraction of sp³-hybridized carbons (Fsp3) is 0.472. The SMILES string of the molecule is CCCCN1c2cc3c(cc2C(CS(=O)(=O)O)CC1(C)C)C=C1C2=[N+](CCC1O3)c1ccc(F)cc1C2(C)CCC(=O)NNc1nc(Cl)nc(Cl)n1. The topological polar surface area (TPSA) is 150 Å². The van der Waals surface area contributed by atoms with Crippen LogP contribution in [-0.4, -0.2) is 74.6 Å². The van der Waals surface area contributed by atoms with Crippen LogP contribution in [-0.2, 0) is 20.3 Å². The molecule has 0 saturated carbocycles. The molecule has 0 saturated heterocycles. The number of carbonyl (C=O) groups excluding carboxylic acids is 1. The second-order valence-corrected chi connectivity index (χ2v) is 16.9. The fourth-order valence-corrected chi connectivity index (χ4v) is 9.62. The Bertz CT molecular complexity index is 2130. The summed E-state index contributed by atoms with van der Waals surface area (Å²) in [6.45, 7) is 9.83. The quantitative estimate of drug-likeness (QED) is 0.117. The number of unbranched alkanes of at least 4 members (excludes halogenated alkanes) is 1. The van der Waals surface area contributed by atoms with E-state index in [0.29, 0.717) is 31.6 Å². The number of carbonyl (C=O) groups is 1. The van der Waals surface area contributed by atoms with Gasteiger partial charge in [-0.2, -0.15) is 27.9 Å². The number of nitrogens with zero attached hydrogens (tertiary/aromatic N) is 5. The first kappa shape index (κ1) is 36.5. The number of hydrogen-bond acceptors (Lipinski definition) is 9. The monoisotopic (exact) mass is 772 g/mol. The molecule has 7 rings (SSSR count). The third-order valence-corrected chi connectivity index (χ3v) is 11.9. The minimum absolute atomic E-state index is 0.0187. The number of aromatic nitrogens is 3. The molecule has 16 heteroatoms. The summed E-state index contributed by atoms with van der Waals surface area (Å²) in [5.41, 5.74) is 10.2. The Morgan fingerprint density at radius 2 is 1.90 bits per heavy atom. The predicted molar refractivity (Wildman–Crippen MR) is 198 cm³/mol. The van der Waals surface area contributed by atoms with Crippen LogP contribution in [0.5, 0.6) is 5.75 Å². The highest BCUT2D eigenvalue weighted by molar-refractivity contribution is 7.85. The summed E-state index contributed by atoms with van der Waals surface area (Å²) in [5.74, 6) is -0.838. The average Bonchev–Trinajstić information content (AvgIpc) is 3.31. The van der Waals surface area contributed by atoms with Crippen molar-refractivity contribution in [3.05, 3.63) is 69.0 Å². The number of fused-ring (bicyclic) bond motifs is 6. The van der Waals surface area contributed by atoms with E-state index in [2.05, 4.69) is 62.1 Å². The second-order valence-electron chi connectivity index (χ2n) is 14.8. The Kier molecular flexibility index (Phi) is 9.50. The third-order valence-electron chi connectivity index (χ3n) is 10.7. The van der Waals surface area contributed by atoms with Gasteiger partial charge in [0.25, 0.3) is 10.1 Å². The Labute approximate surface area is 312 Å². The molecule has 4 aliphatic rings. The fourth-order valence-electron chi connectivity index (χ4n) is 8.45. The second kappa shape index (κ2) is 13.5. The lowest BCUT2D eigenvalue weighted by molar-refractivity contribution is -0.444. The number of hydrazine groups is 1. The number of benzene rings is 2. The summed E-state index contributed by atoms with van der Waals surface area (Å²) in [5, 5.41) is -0.261. The largest absolute Gasteiger partial charge is 0.485 e. The molecule has 5 heterocycles. The van der Waals surface area contributed by atoms with Crippen LogP contribution in [0.4, 0.5) is 21.7 Å². The van der Waals surface area contributed by atoms with Gasteiger partial charge in [-0.1, -0.05) is 13.3 Å². The van der Waals surface area contributed by atoms with Gasteiger partial charge in [-0.05, 0) is 93.1 Å². The van der Waals surface area contributed by atoms with Crippen molar-refractivity contribution in [2.24, 2.45) is 0 Å². The first-order valence-electron chi connectivity index (χ1n) is 17.4. The number of nitrogens with one attached hydrogen (secondary N) is 2. The van der Waals surface area contributed by atoms with Gasteiger partial charge in [0.2, 0.25) is 28.1 Å². The Morgan fingerprint density at radius 3 is 2.62 bits per heavy atom. The molecule has 3 unspecified atom stereocenters. The van der Waals surface area contributed by atoms with Crippen molar-refractivity contribution in [2.45, 2.75) is 89.2 Å². The molecule has 0 radical (unpaired) electrons. The molecule has 0 fully saturated rings. The maximum atomic E-state index is 14.9. The molecule has 0 aliphatic carbocycles. The number of halogens is 3. The molecule has 3 N–H and O–H groups in total. The van der Waals surface area contributed by atoms with Crippen LogP contribution in [0.25, 0.3) is 6.08 Å². The van der Waals surface area contributed by atoms with Crippen LogP contribution in [0.15, 0.2) is 35.9 Å². The first-order chi connectivity index (χ1) is 24.6. The molecule has 3 aromatic rings. The smallest absolute Gasteiger partial charge is 0.265 e. The van der Waals surface area contributed by atoms with Crippen molar-refractivity contribution in [3.63, 3.8) is 0 Å². The summed E-state index contributed by atoms with van der Waals surface area (Å²) >= 11 is 11.7. The molecule has 12 nitrogen and oxygen atoms in total. The number of anilines is 2. The van der Waals surface area contributed by atoms with Gasteiger partial charge < -0.3 is 9.64 Å². The lowest BCUT2D eigenvalue weighted by atomic mass is 9.71. The summed E-state index contributed by atoms with van der Waals surface area (Å²) in [6.07, 6.45) is 5.41. The van der Waals surface area contributed by atoms with Gasteiger partial charge in [-0.3, -0.25) is 20.2 Å². The third kappa shape index (κ3) is 6.85. The minimum atomic E-state index is -4.26. The van der Waals surface area contributed by atoms with Crippen LogP contribution >= 0.6 is 23.2 Å². The summed E-state index contributed by atoms with van der Waals surface area (Å²) in [6, 6.07) is 8.82. The summed E-state index contributed by atoms with van der Waals surface area (Å²) in [7, 11) is -4.26. The molecule has 1 amide bonds. The van der Waals surface area contributed by atoms with Crippen LogP contribution < -0.4 is 20.5 Å². The van der Waals surface area contributed by atoms with E-state index < -0.39 is 21.5 Å². The van der Waals surface area contributed by atoms with E-state index in [-0.39, 0.29) is 52.1 Å². The summed E-state index contributed by atoms with van der Waals surface area (Å²) in [4.78, 5) is 27.0. The molecule has 0 bridgehead atoms. The highest BCUT2D eigenvalue weighted by Crippen LogP contribution is 2.52. The Balaban J connectivity index is 1.26. The van der Waals surface area contributed by atoms with E-state index >= 15 is 0 Å². The van der Waals surface area contributed by atoms with E-state index in [9.17, 15) is 22.2 Å². The summed E-state index contributed by atoms with van der Waals surface area (Å²) < 4.78 is 58.4. The van der Waals surface area contributed by atoms with Crippen molar-refractivity contribution in [1.82, 2.24) is 20.4 Å². The average molecular weight is 774 g/mol. The van der Waals surface area contributed by atoms with Gasteiger partial charge in [0.05, 0.1) is 16.7 Å². The van der Waals surface area contributed by atoms with Gasteiger partial charge in [0.1, 0.15) is 17.7 Å². The van der Waals surface area contributed by atoms with Gasteiger partial charge in [0.15, 0.2) is 12.3 Å². The van der Waals surface area contributed by atoms with Crippen LogP contribution in [0, 0.1) is 5.82 Å². The zero-order valence-electron chi connectivity index (χ0n) is 29.3. The van der Waals surface area contributed by atoms with E-state index in [1.54, 1.807) is 12.1 Å². The van der Waals surface area contributed by atoms with E-state index in [0.717, 1.165) is 58.7 Å². The Morgan fingerprint density at radius 1 is 1.15 bits per heavy atom. The van der Waals surface area contributed by atoms with Crippen molar-refractivity contribution < 1.29 is 31.5 Å². The normalized spacial score (nSPS) is 22.7. The zero-order chi connectivity index (χ0) is 37.2. The van der Waals surface area contributed by atoms with Crippen molar-refractivity contribution >= 4 is 68.3 Å². The molecule has 0 spiro atoms. The maximum Gasteiger partial charge on any atom is 0.265 e. The molecule has 4 aliphatic heterocycles. The number of rotatable bonds is 10. The van der Waals surface area contributed by atoms with E-state index in [1.165, 1.54) is 6.07 Å². The highest BCUT2D eigenvalue weighted by atomic mass is 35.5. The highest BCUT2D eigenvalue weighted by Gasteiger charge is 2.55. The van der Waals surface area contributed by atoms with Crippen molar-refractivity contribution in [3.8, 4) is 5.75 Å². The minimum Gasteiger partial charge on any atom is -0.485 e. The molecular weight excluding hydrogens is 732 g/mol. The van der Waals surface area contributed by atoms with Crippen molar-refractivity contribution in [2.75, 3.05) is 29.2 Å². The standard InChI is InChI=1S/C36H40Cl2FN7O5S/c1-5-6-12-46-27-17-29-20(14-23(27)21(18-35(46,2)3)19-52(48,49)50)15-24-28(51-29)10-13-45-26-8-7-22(39)16-25(26)36(4,31(24)45)11-9-30(47)43-44-34-41-32(37)40-33(38)42-34/h7-8,14-17,21,28H,5-6,9-13,18-19H2,1-4H3,(H2-,40,41,42,43,44,47,48,49,50)/p+1. The van der Waals surface area contributed by atoms with Gasteiger partial charge in [-0.15, -0.1) is 0 Å². The van der Waals surface area contributed by atoms with Crippen molar-refractivity contribution in [1.29, 1.82) is 0 Å². The molecular formula is C36H41Cl2FN7O5S+. The molecule has 52 heavy (non-hydrogen) atoms. The van der Waals surface area contributed by atoms with Crippen LogP contribution in [0.2, 0.25) is 10.6 Å². The van der Waals surface area contributed by atoms with Crippen LogP contribution in [0.1, 0.15) is 88.8 Å². The number of amides is 1. The number of ether oxygens (including phenoxy) is 1. The van der Waals surface area contributed by atoms with E-state index in [1.807, 2.05) is 19.1 Å². The van der Waals surface area contributed by atoms with Gasteiger partial charge >= 0.3 is 0 Å². The van der Waals surface area contributed by atoms with Gasteiger partial charge in [0, 0.05) is 59.8 Å². The van der Waals surface area contributed by atoms with E-state index in [4.69, 9.17) is 27.9 Å². The maximum absolute atomic E-state index is 14.9. The molecule has 1 aromatic heterocycles. The molecule has 276 valence electrons. The predicted octanol–water partition coefficient (Wildman–Crippen LogP) is 6.61.